The number of nitrogens with zero attached hydrogens (tertiary/aromatic N) is 4. The van der Waals surface area contributed by atoms with E-state index >= 15 is 0 Å². The highest BCUT2D eigenvalue weighted by molar-refractivity contribution is 5.65. The molecule has 256 valence electrons. The van der Waals surface area contributed by atoms with E-state index in [4.69, 9.17) is 9.47 Å². The van der Waals surface area contributed by atoms with Crippen molar-refractivity contribution in [2.75, 3.05) is 0 Å². The summed E-state index contributed by atoms with van der Waals surface area (Å²) < 4.78 is 89.9. The molecule has 0 atom stereocenters. The molecular formula is C29H18F6N4O10. The summed E-state index contributed by atoms with van der Waals surface area (Å²) in [6.07, 6.45) is -10.2. The second kappa shape index (κ2) is 12.7. The first-order valence-corrected chi connectivity index (χ1v) is 13.3. The van der Waals surface area contributed by atoms with E-state index < -0.39 is 82.8 Å². The zero-order valence-corrected chi connectivity index (χ0v) is 24.6. The van der Waals surface area contributed by atoms with Crippen LogP contribution in [0.15, 0.2) is 72.8 Å². The zero-order valence-electron chi connectivity index (χ0n) is 24.6. The van der Waals surface area contributed by atoms with E-state index in [0.717, 1.165) is 0 Å². The molecule has 0 fully saturated rings. The predicted octanol–water partition coefficient (Wildman–Crippen LogP) is 9.27. The number of rotatable bonds is 10. The number of alkyl halides is 6. The van der Waals surface area contributed by atoms with Gasteiger partial charge in [0, 0.05) is 29.7 Å². The Morgan fingerprint density at radius 1 is 0.469 bits per heavy atom. The van der Waals surface area contributed by atoms with Gasteiger partial charge < -0.3 is 9.47 Å². The zero-order chi connectivity index (χ0) is 36.6. The van der Waals surface area contributed by atoms with Gasteiger partial charge in [0.1, 0.15) is 11.5 Å². The summed E-state index contributed by atoms with van der Waals surface area (Å²) in [6.45, 7) is 3.44. The van der Waals surface area contributed by atoms with Gasteiger partial charge in [0.25, 0.3) is 11.5 Å². The molecule has 20 heteroatoms. The fraction of sp³-hybridized carbons (Fsp3) is 0.172. The van der Waals surface area contributed by atoms with Gasteiger partial charge in [-0.05, 0) is 35.4 Å². The maximum absolute atomic E-state index is 13.2. The minimum atomic E-state index is -5.12. The van der Waals surface area contributed by atoms with Gasteiger partial charge in [-0.3, -0.25) is 40.5 Å². The SMILES string of the molecule is CC(C)(c1ccc(Oc2c([N+](=O)[O-])cc(C(F)(F)F)cc2[N+](=O)[O-])cc1)c1ccc(Oc2c([N+](=O)[O-])cc(C(F)(F)F)cc2[N+](=O)[O-])cc1. The number of nitro benzene ring substituents is 4. The first-order chi connectivity index (χ1) is 22.6. The Balaban J connectivity index is 1.63. The monoisotopic (exact) mass is 696 g/mol. The third kappa shape index (κ3) is 7.47. The molecule has 49 heavy (non-hydrogen) atoms. The molecular weight excluding hydrogens is 678 g/mol. The Hall–Kier alpha value is -6.34. The van der Waals surface area contributed by atoms with Gasteiger partial charge in [0.15, 0.2) is 0 Å². The Kier molecular flexibility index (Phi) is 9.20. The van der Waals surface area contributed by atoms with Gasteiger partial charge in [0.2, 0.25) is 0 Å². The molecule has 4 aromatic rings. The highest BCUT2D eigenvalue weighted by Crippen LogP contribution is 2.46. The predicted molar refractivity (Wildman–Crippen MR) is 155 cm³/mol. The lowest BCUT2D eigenvalue weighted by molar-refractivity contribution is -0.396. The minimum absolute atomic E-state index is 0.112. The summed E-state index contributed by atoms with van der Waals surface area (Å²) in [4.78, 5) is 41.0. The number of ether oxygens (including phenoxy) is 2. The summed E-state index contributed by atoms with van der Waals surface area (Å²) in [6, 6.07) is 11.3. The van der Waals surface area contributed by atoms with Gasteiger partial charge in [-0.15, -0.1) is 0 Å². The highest BCUT2D eigenvalue weighted by atomic mass is 19.4. The average molecular weight is 696 g/mol. The molecule has 0 saturated carbocycles. The molecule has 0 radical (unpaired) electrons. The van der Waals surface area contributed by atoms with Gasteiger partial charge in [0.05, 0.1) is 30.8 Å². The van der Waals surface area contributed by atoms with E-state index in [0.29, 0.717) is 11.1 Å². The van der Waals surface area contributed by atoms with Crippen LogP contribution in [-0.2, 0) is 17.8 Å². The first-order valence-electron chi connectivity index (χ1n) is 13.3. The number of nitro groups is 4. The van der Waals surface area contributed by atoms with Crippen molar-refractivity contribution >= 4 is 22.7 Å². The number of hydrogen-bond donors (Lipinski definition) is 0. The van der Waals surface area contributed by atoms with Crippen LogP contribution in [0.5, 0.6) is 23.0 Å². The summed E-state index contributed by atoms with van der Waals surface area (Å²) in [7, 11) is 0. The molecule has 0 heterocycles. The van der Waals surface area contributed by atoms with Crippen LogP contribution in [0.4, 0.5) is 49.1 Å². The standard InChI is InChI=1S/C29H18F6N4O10/c1-27(2,15-3-7-19(8-4-15)48-25-21(36(40)41)11-17(28(30,31)32)12-22(25)37(42)43)16-5-9-20(10-6-16)49-26-23(38(44)45)13-18(29(33,34)35)14-24(26)39(46)47/h3-14H,1-2H3. The van der Waals surface area contributed by atoms with Crippen molar-refractivity contribution < 1.29 is 55.5 Å². The second-order valence-corrected chi connectivity index (χ2v) is 10.6. The molecule has 0 bridgehead atoms. The largest absolute Gasteiger partial charge is 0.444 e. The molecule has 0 unspecified atom stereocenters. The molecule has 0 saturated heterocycles. The maximum Gasteiger partial charge on any atom is 0.416 e. The van der Waals surface area contributed by atoms with Crippen molar-refractivity contribution in [2.45, 2.75) is 31.6 Å². The maximum atomic E-state index is 13.2. The van der Waals surface area contributed by atoms with E-state index in [-0.39, 0.29) is 35.8 Å². The van der Waals surface area contributed by atoms with Crippen molar-refractivity contribution in [3.63, 3.8) is 0 Å². The lowest BCUT2D eigenvalue weighted by Gasteiger charge is -2.26. The topological polar surface area (TPSA) is 191 Å². The van der Waals surface area contributed by atoms with Gasteiger partial charge in [-0.2, -0.15) is 26.3 Å². The number of hydrogen-bond acceptors (Lipinski definition) is 10. The highest BCUT2D eigenvalue weighted by Gasteiger charge is 2.40. The molecule has 0 aliphatic heterocycles. The normalized spacial score (nSPS) is 11.9. The van der Waals surface area contributed by atoms with Crippen molar-refractivity contribution in [2.24, 2.45) is 0 Å². The molecule has 14 nitrogen and oxygen atoms in total. The fourth-order valence-corrected chi connectivity index (χ4v) is 4.56. The van der Waals surface area contributed by atoms with Gasteiger partial charge >= 0.3 is 35.1 Å². The summed E-state index contributed by atoms with van der Waals surface area (Å²) in [5.41, 5.74) is -8.21. The van der Waals surface area contributed by atoms with Crippen molar-refractivity contribution in [1.29, 1.82) is 0 Å². The van der Waals surface area contributed by atoms with Crippen molar-refractivity contribution in [1.82, 2.24) is 0 Å². The van der Waals surface area contributed by atoms with Crippen LogP contribution < -0.4 is 9.47 Å². The van der Waals surface area contributed by atoms with Crippen molar-refractivity contribution in [3.05, 3.63) is 136 Å². The van der Waals surface area contributed by atoms with Crippen molar-refractivity contribution in [3.8, 4) is 23.0 Å². The number of benzene rings is 4. The van der Waals surface area contributed by atoms with E-state index in [9.17, 15) is 66.8 Å². The number of halogens is 6. The molecule has 0 aliphatic carbocycles. The van der Waals surface area contributed by atoms with Crippen LogP contribution >= 0.6 is 0 Å². The van der Waals surface area contributed by atoms with Crippen LogP contribution in [0.1, 0.15) is 36.1 Å². The van der Waals surface area contributed by atoms with E-state index in [1.165, 1.54) is 48.5 Å². The third-order valence-electron chi connectivity index (χ3n) is 7.13. The molecule has 0 aromatic heterocycles. The van der Waals surface area contributed by atoms with E-state index in [1.807, 2.05) is 0 Å². The lowest BCUT2D eigenvalue weighted by atomic mass is 9.78. The van der Waals surface area contributed by atoms with Crippen LogP contribution in [-0.4, -0.2) is 19.7 Å². The average Bonchev–Trinajstić information content (AvgIpc) is 3.00. The van der Waals surface area contributed by atoms with E-state index in [1.54, 1.807) is 13.8 Å². The molecule has 4 rings (SSSR count). The first kappa shape index (κ1) is 35.5. The lowest BCUT2D eigenvalue weighted by Crippen LogP contribution is -2.18. The van der Waals surface area contributed by atoms with Crippen LogP contribution in [0, 0.1) is 40.5 Å². The summed E-state index contributed by atoms with van der Waals surface area (Å²) in [5.74, 6) is -2.46. The van der Waals surface area contributed by atoms with Crippen LogP contribution in [0.2, 0.25) is 0 Å². The molecule has 0 N–H and O–H groups in total. The minimum Gasteiger partial charge on any atom is -0.444 e. The molecule has 0 aliphatic rings. The van der Waals surface area contributed by atoms with Crippen LogP contribution in [0.25, 0.3) is 0 Å². The quantitative estimate of drug-likeness (QED) is 0.0877. The Labute approximate surface area is 268 Å². The molecule has 0 spiro atoms. The Bertz CT molecular complexity index is 1770. The summed E-state index contributed by atoms with van der Waals surface area (Å²) >= 11 is 0. The van der Waals surface area contributed by atoms with Crippen LogP contribution in [0.3, 0.4) is 0 Å². The third-order valence-corrected chi connectivity index (χ3v) is 7.13. The smallest absolute Gasteiger partial charge is 0.416 e. The molecule has 0 amide bonds. The van der Waals surface area contributed by atoms with E-state index in [2.05, 4.69) is 0 Å². The second-order valence-electron chi connectivity index (χ2n) is 10.6. The Morgan fingerprint density at radius 2 is 0.714 bits per heavy atom. The van der Waals surface area contributed by atoms with Gasteiger partial charge in [-0.25, -0.2) is 0 Å². The molecule has 4 aromatic carbocycles. The fourth-order valence-electron chi connectivity index (χ4n) is 4.56. The summed E-state index contributed by atoms with van der Waals surface area (Å²) in [5, 5.41) is 46.0. The Morgan fingerprint density at radius 3 is 0.918 bits per heavy atom. The van der Waals surface area contributed by atoms with Gasteiger partial charge in [-0.1, -0.05) is 38.1 Å².